The van der Waals surface area contributed by atoms with E-state index in [1.807, 2.05) is 18.2 Å². The molecule has 0 saturated carbocycles. The summed E-state index contributed by atoms with van der Waals surface area (Å²) < 4.78 is 0. The highest BCUT2D eigenvalue weighted by molar-refractivity contribution is 5.14. The Morgan fingerprint density at radius 1 is 1.23 bits per heavy atom. The molecule has 0 saturated heterocycles. The molecule has 72 valence electrons. The fourth-order valence-corrected chi connectivity index (χ4v) is 1.30. The lowest BCUT2D eigenvalue weighted by Crippen LogP contribution is -2.24. The molecule has 0 aromatic heterocycles. The molecule has 0 bridgehead atoms. The molecule has 0 aliphatic rings. The average Bonchev–Trinajstić information content (AvgIpc) is 2.19. The predicted octanol–water partition coefficient (Wildman–Crippen LogP) is 1.33. The Labute approximate surface area is 79.4 Å². The van der Waals surface area contributed by atoms with Crippen molar-refractivity contribution in [2.75, 3.05) is 6.61 Å². The van der Waals surface area contributed by atoms with E-state index in [0.29, 0.717) is 0 Å². The molecule has 1 atom stereocenters. The van der Waals surface area contributed by atoms with E-state index < -0.39 is 0 Å². The van der Waals surface area contributed by atoms with Gasteiger partial charge < -0.3 is 10.8 Å². The number of benzene rings is 1. The van der Waals surface area contributed by atoms with E-state index in [9.17, 15) is 0 Å². The van der Waals surface area contributed by atoms with E-state index in [1.54, 1.807) is 0 Å². The van der Waals surface area contributed by atoms with Crippen LogP contribution in [-0.2, 0) is 6.42 Å². The molecular formula is C11H17NO. The average molecular weight is 179 g/mol. The van der Waals surface area contributed by atoms with Crippen LogP contribution in [0.15, 0.2) is 30.3 Å². The second-order valence-electron chi connectivity index (χ2n) is 3.32. The normalized spacial score (nSPS) is 12.8. The van der Waals surface area contributed by atoms with Gasteiger partial charge in [0.05, 0.1) is 6.61 Å². The highest BCUT2D eigenvalue weighted by atomic mass is 16.3. The van der Waals surface area contributed by atoms with Crippen molar-refractivity contribution in [3.63, 3.8) is 0 Å². The Morgan fingerprint density at radius 2 is 1.92 bits per heavy atom. The second kappa shape index (κ2) is 5.73. The van der Waals surface area contributed by atoms with Crippen LogP contribution >= 0.6 is 0 Å². The lowest BCUT2D eigenvalue weighted by Gasteiger charge is -2.06. The second-order valence-corrected chi connectivity index (χ2v) is 3.32. The Bertz CT molecular complexity index is 223. The molecule has 1 aromatic carbocycles. The van der Waals surface area contributed by atoms with Crippen LogP contribution in [0.3, 0.4) is 0 Å². The Balaban J connectivity index is 2.20. The summed E-state index contributed by atoms with van der Waals surface area (Å²) in [7, 11) is 0. The molecule has 0 spiro atoms. The molecule has 0 amide bonds. The largest absolute Gasteiger partial charge is 0.395 e. The Morgan fingerprint density at radius 3 is 2.54 bits per heavy atom. The maximum absolute atomic E-state index is 8.71. The third-order valence-corrected chi connectivity index (χ3v) is 2.12. The van der Waals surface area contributed by atoms with Crippen LogP contribution in [0.4, 0.5) is 0 Å². The van der Waals surface area contributed by atoms with E-state index in [2.05, 4.69) is 12.1 Å². The lowest BCUT2D eigenvalue weighted by atomic mass is 10.1. The van der Waals surface area contributed by atoms with Gasteiger partial charge in [-0.3, -0.25) is 0 Å². The number of hydrogen-bond acceptors (Lipinski definition) is 2. The van der Waals surface area contributed by atoms with Crippen LogP contribution in [0, 0.1) is 0 Å². The Kier molecular flexibility index (Phi) is 4.50. The first-order chi connectivity index (χ1) is 6.33. The summed E-state index contributed by atoms with van der Waals surface area (Å²) in [5.41, 5.74) is 6.93. The van der Waals surface area contributed by atoms with Crippen molar-refractivity contribution in [2.24, 2.45) is 5.73 Å². The highest BCUT2D eigenvalue weighted by Crippen LogP contribution is 2.05. The molecule has 3 N–H and O–H groups in total. The van der Waals surface area contributed by atoms with E-state index in [1.165, 1.54) is 5.56 Å². The SMILES string of the molecule is N[C@@H](CO)CCCc1ccccc1. The van der Waals surface area contributed by atoms with Crippen LogP contribution in [0.25, 0.3) is 0 Å². The first-order valence-corrected chi connectivity index (χ1v) is 4.73. The molecule has 0 heterocycles. The quantitative estimate of drug-likeness (QED) is 0.716. The van der Waals surface area contributed by atoms with Crippen molar-refractivity contribution in [1.82, 2.24) is 0 Å². The van der Waals surface area contributed by atoms with Gasteiger partial charge in [-0.1, -0.05) is 30.3 Å². The third kappa shape index (κ3) is 4.06. The summed E-state index contributed by atoms with van der Waals surface area (Å²) in [6.07, 6.45) is 2.99. The number of hydrogen-bond donors (Lipinski definition) is 2. The fraction of sp³-hybridized carbons (Fsp3) is 0.455. The van der Waals surface area contributed by atoms with Crippen molar-refractivity contribution in [3.05, 3.63) is 35.9 Å². The number of rotatable bonds is 5. The zero-order chi connectivity index (χ0) is 9.52. The topological polar surface area (TPSA) is 46.2 Å². The van der Waals surface area contributed by atoms with Gasteiger partial charge in [-0.25, -0.2) is 0 Å². The summed E-state index contributed by atoms with van der Waals surface area (Å²) >= 11 is 0. The van der Waals surface area contributed by atoms with Gasteiger partial charge in [0.25, 0.3) is 0 Å². The molecule has 0 unspecified atom stereocenters. The van der Waals surface area contributed by atoms with Gasteiger partial charge in [0, 0.05) is 6.04 Å². The van der Waals surface area contributed by atoms with Gasteiger partial charge in [0.1, 0.15) is 0 Å². The molecule has 0 fully saturated rings. The summed E-state index contributed by atoms with van der Waals surface area (Å²) in [6, 6.07) is 10.3. The van der Waals surface area contributed by atoms with E-state index in [4.69, 9.17) is 10.8 Å². The number of aryl methyl sites for hydroxylation is 1. The molecule has 0 radical (unpaired) electrons. The maximum Gasteiger partial charge on any atom is 0.0582 e. The molecule has 0 aliphatic carbocycles. The highest BCUT2D eigenvalue weighted by Gasteiger charge is 1.99. The van der Waals surface area contributed by atoms with Gasteiger partial charge in [-0.05, 0) is 24.8 Å². The fourth-order valence-electron chi connectivity index (χ4n) is 1.30. The van der Waals surface area contributed by atoms with Gasteiger partial charge in [-0.2, -0.15) is 0 Å². The predicted molar refractivity (Wildman–Crippen MR) is 54.4 cm³/mol. The van der Waals surface area contributed by atoms with Gasteiger partial charge in [0.2, 0.25) is 0 Å². The zero-order valence-electron chi connectivity index (χ0n) is 7.82. The molecular weight excluding hydrogens is 162 g/mol. The summed E-state index contributed by atoms with van der Waals surface area (Å²) in [5.74, 6) is 0. The van der Waals surface area contributed by atoms with Crippen molar-refractivity contribution in [2.45, 2.75) is 25.3 Å². The smallest absolute Gasteiger partial charge is 0.0582 e. The summed E-state index contributed by atoms with van der Waals surface area (Å²) in [6.45, 7) is 0.0921. The lowest BCUT2D eigenvalue weighted by molar-refractivity contribution is 0.258. The van der Waals surface area contributed by atoms with Gasteiger partial charge in [-0.15, -0.1) is 0 Å². The van der Waals surface area contributed by atoms with Crippen LogP contribution in [0.1, 0.15) is 18.4 Å². The molecule has 2 nitrogen and oxygen atoms in total. The summed E-state index contributed by atoms with van der Waals surface area (Å²) in [5, 5.41) is 8.71. The van der Waals surface area contributed by atoms with Crippen LogP contribution in [-0.4, -0.2) is 17.8 Å². The van der Waals surface area contributed by atoms with Crippen molar-refractivity contribution < 1.29 is 5.11 Å². The minimum atomic E-state index is -0.0521. The molecule has 2 heteroatoms. The van der Waals surface area contributed by atoms with Crippen molar-refractivity contribution in [3.8, 4) is 0 Å². The van der Waals surface area contributed by atoms with Gasteiger partial charge >= 0.3 is 0 Å². The molecule has 1 rings (SSSR count). The van der Waals surface area contributed by atoms with E-state index in [-0.39, 0.29) is 12.6 Å². The van der Waals surface area contributed by atoms with E-state index >= 15 is 0 Å². The third-order valence-electron chi connectivity index (χ3n) is 2.12. The summed E-state index contributed by atoms with van der Waals surface area (Å²) in [4.78, 5) is 0. The first kappa shape index (κ1) is 10.2. The molecule has 0 aliphatic heterocycles. The standard InChI is InChI=1S/C11H17NO/c12-11(9-13)8-4-7-10-5-2-1-3-6-10/h1-3,5-6,11,13H,4,7-9,12H2/t11-/m1/s1. The van der Waals surface area contributed by atoms with Gasteiger partial charge in [0.15, 0.2) is 0 Å². The molecule has 13 heavy (non-hydrogen) atoms. The Hall–Kier alpha value is -0.860. The number of aliphatic hydroxyl groups is 1. The van der Waals surface area contributed by atoms with Crippen molar-refractivity contribution in [1.29, 1.82) is 0 Å². The number of nitrogens with two attached hydrogens (primary N) is 1. The number of aliphatic hydroxyl groups excluding tert-OH is 1. The van der Waals surface area contributed by atoms with Crippen LogP contribution < -0.4 is 5.73 Å². The van der Waals surface area contributed by atoms with Crippen LogP contribution in [0.5, 0.6) is 0 Å². The maximum atomic E-state index is 8.71. The minimum absolute atomic E-state index is 0.0521. The van der Waals surface area contributed by atoms with Crippen molar-refractivity contribution >= 4 is 0 Å². The van der Waals surface area contributed by atoms with Crippen LogP contribution in [0.2, 0.25) is 0 Å². The zero-order valence-corrected chi connectivity index (χ0v) is 7.82. The first-order valence-electron chi connectivity index (χ1n) is 4.73. The van der Waals surface area contributed by atoms with E-state index in [0.717, 1.165) is 19.3 Å². The molecule has 1 aromatic rings. The minimum Gasteiger partial charge on any atom is -0.395 e. The monoisotopic (exact) mass is 179 g/mol.